The monoisotopic (exact) mass is 269 g/mol. The molecule has 1 aliphatic heterocycles. The molecule has 3 nitrogen and oxygen atoms in total. The molecule has 1 fully saturated rings. The van der Waals surface area contributed by atoms with Crippen molar-refractivity contribution in [3.05, 3.63) is 34.9 Å². The highest BCUT2D eigenvalue weighted by atomic mass is 35.5. The van der Waals surface area contributed by atoms with Crippen LogP contribution in [0.1, 0.15) is 31.9 Å². The highest BCUT2D eigenvalue weighted by Gasteiger charge is 2.39. The van der Waals surface area contributed by atoms with Gasteiger partial charge in [-0.1, -0.05) is 23.7 Å². The van der Waals surface area contributed by atoms with E-state index in [1.165, 1.54) is 0 Å². The van der Waals surface area contributed by atoms with Gasteiger partial charge in [-0.3, -0.25) is 0 Å². The van der Waals surface area contributed by atoms with Gasteiger partial charge in [0.2, 0.25) is 0 Å². The van der Waals surface area contributed by atoms with Crippen LogP contribution in [-0.2, 0) is 4.74 Å². The van der Waals surface area contributed by atoms with Crippen LogP contribution in [0.25, 0.3) is 0 Å². The number of hydrogen-bond donors (Lipinski definition) is 2. The molecule has 2 N–H and O–H groups in total. The lowest BCUT2D eigenvalue weighted by Gasteiger charge is -2.28. The maximum atomic E-state index is 10.4. The molecule has 0 aromatic heterocycles. The van der Waals surface area contributed by atoms with Gasteiger partial charge in [-0.05, 0) is 31.5 Å². The third kappa shape index (κ3) is 3.04. The van der Waals surface area contributed by atoms with Crippen molar-refractivity contribution < 1.29 is 9.84 Å². The summed E-state index contributed by atoms with van der Waals surface area (Å²) >= 11 is 5.86. The Labute approximate surface area is 113 Å². The third-order valence-electron chi connectivity index (χ3n) is 3.74. The first-order chi connectivity index (χ1) is 8.51. The quantitative estimate of drug-likeness (QED) is 0.883. The van der Waals surface area contributed by atoms with Crippen LogP contribution >= 0.6 is 11.6 Å². The zero-order valence-electron chi connectivity index (χ0n) is 10.8. The topological polar surface area (TPSA) is 41.5 Å². The Bertz CT molecular complexity index is 395. The molecule has 2 rings (SSSR count). The molecule has 1 saturated heterocycles. The molecule has 0 radical (unpaired) electrons. The molecule has 0 aliphatic carbocycles. The zero-order valence-corrected chi connectivity index (χ0v) is 11.6. The van der Waals surface area contributed by atoms with Crippen molar-refractivity contribution in [3.63, 3.8) is 0 Å². The lowest BCUT2D eigenvalue weighted by Crippen LogP contribution is -2.46. The van der Waals surface area contributed by atoms with Crippen LogP contribution in [0.5, 0.6) is 0 Å². The summed E-state index contributed by atoms with van der Waals surface area (Å²) in [5.74, 6) is 0. The van der Waals surface area contributed by atoms with Crippen LogP contribution in [-0.4, -0.2) is 30.0 Å². The van der Waals surface area contributed by atoms with Crippen LogP contribution in [0.15, 0.2) is 24.3 Å². The average Bonchev–Trinajstić information content (AvgIpc) is 2.68. The largest absolute Gasteiger partial charge is 0.386 e. The highest BCUT2D eigenvalue weighted by molar-refractivity contribution is 6.30. The molecule has 100 valence electrons. The van der Waals surface area contributed by atoms with E-state index in [0.717, 1.165) is 10.6 Å². The van der Waals surface area contributed by atoms with Gasteiger partial charge in [0.25, 0.3) is 0 Å². The number of hydrogen-bond acceptors (Lipinski definition) is 3. The first-order valence-corrected chi connectivity index (χ1v) is 6.72. The van der Waals surface area contributed by atoms with Gasteiger partial charge in [0, 0.05) is 30.6 Å². The summed E-state index contributed by atoms with van der Waals surface area (Å²) in [5.41, 5.74) is 0.412. The summed E-state index contributed by atoms with van der Waals surface area (Å²) in [6, 6.07) is 7.94. The van der Waals surface area contributed by atoms with Gasteiger partial charge in [-0.25, -0.2) is 0 Å². The van der Waals surface area contributed by atoms with E-state index in [-0.39, 0.29) is 12.1 Å². The van der Waals surface area contributed by atoms with E-state index >= 15 is 0 Å². The first-order valence-electron chi connectivity index (χ1n) is 6.34. The van der Waals surface area contributed by atoms with Gasteiger partial charge in [0.1, 0.15) is 5.60 Å². The molecule has 18 heavy (non-hydrogen) atoms. The van der Waals surface area contributed by atoms with Crippen molar-refractivity contribution in [2.24, 2.45) is 0 Å². The number of halogens is 1. The zero-order chi connectivity index (χ0) is 13.2. The molecule has 0 amide bonds. The van der Waals surface area contributed by atoms with Crippen LogP contribution in [0.3, 0.4) is 0 Å². The fourth-order valence-electron chi connectivity index (χ4n) is 2.20. The lowest BCUT2D eigenvalue weighted by molar-refractivity contribution is -0.0274. The predicted molar refractivity (Wildman–Crippen MR) is 72.9 cm³/mol. The predicted octanol–water partition coefficient (Wildman–Crippen LogP) is 2.53. The molecular formula is C14H20ClNO2. The van der Waals surface area contributed by atoms with Gasteiger partial charge < -0.3 is 15.2 Å². The van der Waals surface area contributed by atoms with Gasteiger partial charge in [-0.2, -0.15) is 0 Å². The molecule has 1 aromatic rings. The van der Waals surface area contributed by atoms with E-state index in [1.54, 1.807) is 0 Å². The molecular weight excluding hydrogens is 250 g/mol. The Kier molecular flexibility index (Phi) is 4.28. The maximum Gasteiger partial charge on any atom is 0.105 e. The van der Waals surface area contributed by atoms with Crippen molar-refractivity contribution in [2.75, 3.05) is 13.2 Å². The van der Waals surface area contributed by atoms with E-state index in [9.17, 15) is 5.11 Å². The second-order valence-corrected chi connectivity index (χ2v) is 5.46. The van der Waals surface area contributed by atoms with Crippen molar-refractivity contribution in [1.29, 1.82) is 0 Å². The minimum absolute atomic E-state index is 0.109. The summed E-state index contributed by atoms with van der Waals surface area (Å²) in [5, 5.41) is 14.5. The molecule has 0 spiro atoms. The number of aliphatic hydroxyl groups is 1. The van der Waals surface area contributed by atoms with Crippen molar-refractivity contribution >= 4 is 11.6 Å². The second kappa shape index (κ2) is 5.57. The van der Waals surface area contributed by atoms with E-state index in [0.29, 0.717) is 19.6 Å². The fraction of sp³-hybridized carbons (Fsp3) is 0.571. The van der Waals surface area contributed by atoms with Gasteiger partial charge in [0.15, 0.2) is 0 Å². The molecule has 1 aromatic carbocycles. The smallest absolute Gasteiger partial charge is 0.105 e. The minimum atomic E-state index is -0.749. The van der Waals surface area contributed by atoms with Crippen molar-refractivity contribution in [1.82, 2.24) is 5.32 Å². The average molecular weight is 270 g/mol. The summed E-state index contributed by atoms with van der Waals surface area (Å²) in [4.78, 5) is 0. The van der Waals surface area contributed by atoms with Gasteiger partial charge >= 0.3 is 0 Å². The van der Waals surface area contributed by atoms with Crippen molar-refractivity contribution in [3.8, 4) is 0 Å². The Balaban J connectivity index is 1.92. The number of rotatable bonds is 4. The molecule has 1 heterocycles. The molecule has 3 atom stereocenters. The Morgan fingerprint density at radius 2 is 2.17 bits per heavy atom. The van der Waals surface area contributed by atoms with Crippen LogP contribution in [0, 0.1) is 0 Å². The van der Waals surface area contributed by atoms with Crippen molar-refractivity contribution in [2.45, 2.75) is 38.0 Å². The van der Waals surface area contributed by atoms with Gasteiger partial charge in [-0.15, -0.1) is 0 Å². The van der Waals surface area contributed by atoms with E-state index in [4.69, 9.17) is 16.3 Å². The van der Waals surface area contributed by atoms with Crippen LogP contribution in [0.4, 0.5) is 0 Å². The third-order valence-corrected chi connectivity index (χ3v) is 4.00. The Morgan fingerprint density at radius 1 is 1.50 bits per heavy atom. The molecule has 0 saturated carbocycles. The lowest BCUT2D eigenvalue weighted by atomic mass is 9.96. The molecule has 3 unspecified atom stereocenters. The number of ether oxygens (including phenoxy) is 1. The normalized spacial score (nSPS) is 29.4. The van der Waals surface area contributed by atoms with E-state index < -0.39 is 5.60 Å². The SMILES string of the molecule is CC(NCC1(O)CCOC1C)c1ccc(Cl)cc1. The van der Waals surface area contributed by atoms with E-state index in [2.05, 4.69) is 12.2 Å². The molecule has 4 heteroatoms. The maximum absolute atomic E-state index is 10.4. The van der Waals surface area contributed by atoms with Crippen LogP contribution in [0.2, 0.25) is 5.02 Å². The number of nitrogens with one attached hydrogen (secondary N) is 1. The summed E-state index contributed by atoms with van der Waals surface area (Å²) in [7, 11) is 0. The summed E-state index contributed by atoms with van der Waals surface area (Å²) < 4.78 is 5.41. The van der Waals surface area contributed by atoms with Gasteiger partial charge in [0.05, 0.1) is 6.10 Å². The highest BCUT2D eigenvalue weighted by Crippen LogP contribution is 2.26. The fourth-order valence-corrected chi connectivity index (χ4v) is 2.33. The Morgan fingerprint density at radius 3 is 2.72 bits per heavy atom. The number of benzene rings is 1. The second-order valence-electron chi connectivity index (χ2n) is 5.02. The summed E-state index contributed by atoms with van der Waals surface area (Å²) in [6.07, 6.45) is 0.580. The summed E-state index contributed by atoms with van der Waals surface area (Å²) in [6.45, 7) is 5.17. The van der Waals surface area contributed by atoms with Crippen LogP contribution < -0.4 is 5.32 Å². The first kappa shape index (κ1) is 13.8. The molecule has 1 aliphatic rings. The minimum Gasteiger partial charge on any atom is -0.386 e. The molecule has 0 bridgehead atoms. The van der Waals surface area contributed by atoms with E-state index in [1.807, 2.05) is 31.2 Å². The standard InChI is InChI=1S/C14H20ClNO2/c1-10(12-3-5-13(15)6-4-12)16-9-14(17)7-8-18-11(14)2/h3-6,10-11,16-17H,7-9H2,1-2H3. The Hall–Kier alpha value is -0.610.